The molecule has 6 nitrogen and oxygen atoms in total. The highest BCUT2D eigenvalue weighted by Crippen LogP contribution is 2.28. The van der Waals surface area contributed by atoms with Gasteiger partial charge in [0.2, 0.25) is 0 Å². The van der Waals surface area contributed by atoms with Gasteiger partial charge in [0, 0.05) is 5.02 Å². The van der Waals surface area contributed by atoms with Gasteiger partial charge in [-0.1, -0.05) is 35.9 Å². The van der Waals surface area contributed by atoms with Crippen LogP contribution < -0.4 is 14.9 Å². The molecule has 3 aromatic carbocycles. The summed E-state index contributed by atoms with van der Waals surface area (Å²) in [4.78, 5) is 12.0. The SMILES string of the molecule is COc1cc(/C=N\NC(=O)c2ccccc2O)ccc1OCc1ccc(Cl)cc1. The zero-order chi connectivity index (χ0) is 20.6. The molecule has 0 saturated carbocycles. The summed E-state index contributed by atoms with van der Waals surface area (Å²) in [6.45, 7) is 0.373. The lowest BCUT2D eigenvalue weighted by Crippen LogP contribution is -2.17. The summed E-state index contributed by atoms with van der Waals surface area (Å²) in [6, 6.07) is 18.9. The Bertz CT molecular complexity index is 1020. The molecule has 0 fully saturated rings. The van der Waals surface area contributed by atoms with Crippen molar-refractivity contribution in [3.8, 4) is 17.2 Å². The lowest BCUT2D eigenvalue weighted by molar-refractivity contribution is 0.0952. The van der Waals surface area contributed by atoms with Crippen LogP contribution in [0.2, 0.25) is 5.02 Å². The summed E-state index contributed by atoms with van der Waals surface area (Å²) < 4.78 is 11.2. The Balaban J connectivity index is 1.63. The number of nitrogens with zero attached hydrogens (tertiary/aromatic N) is 1. The van der Waals surface area contributed by atoms with Crippen molar-refractivity contribution in [2.75, 3.05) is 7.11 Å². The summed E-state index contributed by atoms with van der Waals surface area (Å²) in [7, 11) is 1.55. The predicted octanol–water partition coefficient (Wildman–Crippen LogP) is 4.40. The molecule has 3 rings (SSSR count). The van der Waals surface area contributed by atoms with Crippen LogP contribution in [0.5, 0.6) is 17.2 Å². The maximum absolute atomic E-state index is 12.0. The van der Waals surface area contributed by atoms with Gasteiger partial charge in [-0.15, -0.1) is 0 Å². The molecule has 0 atom stereocenters. The first-order valence-electron chi connectivity index (χ1n) is 8.73. The zero-order valence-electron chi connectivity index (χ0n) is 15.6. The molecular formula is C22H19ClN2O4. The molecule has 7 heteroatoms. The number of methoxy groups -OCH3 is 1. The molecule has 0 spiro atoms. The van der Waals surface area contributed by atoms with Gasteiger partial charge >= 0.3 is 0 Å². The molecule has 0 aliphatic heterocycles. The van der Waals surface area contributed by atoms with Gasteiger partial charge in [0.25, 0.3) is 5.91 Å². The van der Waals surface area contributed by atoms with E-state index in [1.165, 1.54) is 18.3 Å². The lowest BCUT2D eigenvalue weighted by atomic mass is 10.2. The van der Waals surface area contributed by atoms with E-state index in [0.717, 1.165) is 5.56 Å². The Morgan fingerprint density at radius 1 is 1.10 bits per heavy atom. The predicted molar refractivity (Wildman–Crippen MR) is 112 cm³/mol. The molecule has 3 aromatic rings. The normalized spacial score (nSPS) is 10.7. The van der Waals surface area contributed by atoms with Gasteiger partial charge in [0.1, 0.15) is 12.4 Å². The van der Waals surface area contributed by atoms with Gasteiger partial charge in [-0.2, -0.15) is 5.10 Å². The van der Waals surface area contributed by atoms with E-state index in [1.807, 2.05) is 12.1 Å². The highest BCUT2D eigenvalue weighted by molar-refractivity contribution is 6.30. The van der Waals surface area contributed by atoms with Crippen molar-refractivity contribution in [2.45, 2.75) is 6.61 Å². The molecule has 148 valence electrons. The summed E-state index contributed by atoms with van der Waals surface area (Å²) in [5, 5.41) is 14.3. The third-order valence-electron chi connectivity index (χ3n) is 4.02. The average Bonchev–Trinajstić information content (AvgIpc) is 2.74. The maximum atomic E-state index is 12.0. The number of rotatable bonds is 7. The number of phenolic OH excluding ortho intramolecular Hbond substituents is 1. The number of carbonyl (C=O) groups is 1. The Hall–Kier alpha value is -3.51. The van der Waals surface area contributed by atoms with E-state index in [4.69, 9.17) is 21.1 Å². The molecule has 0 radical (unpaired) electrons. The van der Waals surface area contributed by atoms with Crippen molar-refractivity contribution >= 4 is 23.7 Å². The van der Waals surface area contributed by atoms with Gasteiger partial charge in [0.05, 0.1) is 18.9 Å². The van der Waals surface area contributed by atoms with Gasteiger partial charge in [0.15, 0.2) is 11.5 Å². The number of amides is 1. The molecule has 0 heterocycles. The number of halogens is 1. The third kappa shape index (κ3) is 5.49. The fourth-order valence-corrected chi connectivity index (χ4v) is 2.64. The molecule has 0 aliphatic carbocycles. The first kappa shape index (κ1) is 20.2. The number of benzene rings is 3. The molecule has 0 unspecified atom stereocenters. The van der Waals surface area contributed by atoms with Crippen molar-refractivity contribution in [3.05, 3.63) is 88.4 Å². The number of aromatic hydroxyl groups is 1. The van der Waals surface area contributed by atoms with Gasteiger partial charge in [-0.25, -0.2) is 5.43 Å². The van der Waals surface area contributed by atoms with Crippen LogP contribution >= 0.6 is 11.6 Å². The minimum atomic E-state index is -0.505. The second-order valence-corrected chi connectivity index (χ2v) is 6.48. The number of nitrogens with one attached hydrogen (secondary N) is 1. The Morgan fingerprint density at radius 3 is 2.59 bits per heavy atom. The van der Waals surface area contributed by atoms with Gasteiger partial charge in [-0.3, -0.25) is 4.79 Å². The summed E-state index contributed by atoms with van der Waals surface area (Å²) >= 11 is 5.89. The monoisotopic (exact) mass is 410 g/mol. The maximum Gasteiger partial charge on any atom is 0.275 e. The largest absolute Gasteiger partial charge is 0.507 e. The van der Waals surface area contributed by atoms with Crippen LogP contribution in [0.1, 0.15) is 21.5 Å². The van der Waals surface area contributed by atoms with Crippen molar-refractivity contribution in [3.63, 3.8) is 0 Å². The minimum absolute atomic E-state index is 0.107. The highest BCUT2D eigenvalue weighted by atomic mass is 35.5. The molecular weight excluding hydrogens is 392 g/mol. The van der Waals surface area contributed by atoms with Crippen molar-refractivity contribution in [1.29, 1.82) is 0 Å². The smallest absolute Gasteiger partial charge is 0.275 e. The van der Waals surface area contributed by atoms with E-state index in [-0.39, 0.29) is 11.3 Å². The van der Waals surface area contributed by atoms with Crippen LogP contribution in [0.3, 0.4) is 0 Å². The summed E-state index contributed by atoms with van der Waals surface area (Å²) in [5.41, 5.74) is 4.21. The third-order valence-corrected chi connectivity index (χ3v) is 4.28. The molecule has 0 saturated heterocycles. The van der Waals surface area contributed by atoms with E-state index in [0.29, 0.717) is 28.7 Å². The van der Waals surface area contributed by atoms with Crippen LogP contribution in [0.4, 0.5) is 0 Å². The minimum Gasteiger partial charge on any atom is -0.507 e. The van der Waals surface area contributed by atoms with Crippen molar-refractivity contribution in [1.82, 2.24) is 5.43 Å². The molecule has 2 N–H and O–H groups in total. The summed E-state index contributed by atoms with van der Waals surface area (Å²) in [5.74, 6) is 0.506. The van der Waals surface area contributed by atoms with Gasteiger partial charge < -0.3 is 14.6 Å². The summed E-state index contributed by atoms with van der Waals surface area (Å²) in [6.07, 6.45) is 1.48. The quantitative estimate of drug-likeness (QED) is 0.447. The number of hydrogen-bond donors (Lipinski definition) is 2. The number of ether oxygens (including phenoxy) is 2. The lowest BCUT2D eigenvalue weighted by Gasteiger charge is -2.11. The highest BCUT2D eigenvalue weighted by Gasteiger charge is 2.09. The van der Waals surface area contributed by atoms with E-state index < -0.39 is 5.91 Å². The molecule has 0 aromatic heterocycles. The van der Waals surface area contributed by atoms with Gasteiger partial charge in [-0.05, 0) is 53.6 Å². The van der Waals surface area contributed by atoms with Crippen molar-refractivity contribution in [2.24, 2.45) is 5.10 Å². The van der Waals surface area contributed by atoms with Crippen LogP contribution in [-0.4, -0.2) is 24.3 Å². The number of para-hydroxylation sites is 1. The second-order valence-electron chi connectivity index (χ2n) is 6.04. The molecule has 29 heavy (non-hydrogen) atoms. The fourth-order valence-electron chi connectivity index (χ4n) is 2.52. The van der Waals surface area contributed by atoms with Crippen molar-refractivity contribution < 1.29 is 19.4 Å². The second kappa shape index (κ2) is 9.61. The standard InChI is InChI=1S/C22H19ClN2O4/c1-28-21-12-16(13-24-25-22(27)18-4-2-3-5-19(18)26)8-11-20(21)29-14-15-6-9-17(23)10-7-15/h2-13,26H,14H2,1H3,(H,25,27)/b24-13-. The Labute approximate surface area is 173 Å². The van der Waals surface area contributed by atoms with Crippen LogP contribution in [0, 0.1) is 0 Å². The number of carbonyl (C=O) groups excluding carboxylic acids is 1. The average molecular weight is 411 g/mol. The molecule has 1 amide bonds. The first-order valence-corrected chi connectivity index (χ1v) is 9.11. The van der Waals surface area contributed by atoms with E-state index in [1.54, 1.807) is 49.6 Å². The van der Waals surface area contributed by atoms with Crippen LogP contribution in [-0.2, 0) is 6.61 Å². The topological polar surface area (TPSA) is 80.2 Å². The number of phenols is 1. The van der Waals surface area contributed by atoms with E-state index in [2.05, 4.69) is 10.5 Å². The Morgan fingerprint density at radius 2 is 1.86 bits per heavy atom. The number of hydrazone groups is 1. The first-order chi connectivity index (χ1) is 14.1. The molecule has 0 bridgehead atoms. The molecule has 0 aliphatic rings. The van der Waals surface area contributed by atoms with Crippen LogP contribution in [0.15, 0.2) is 71.8 Å². The fraction of sp³-hybridized carbons (Fsp3) is 0.0909. The number of hydrogen-bond acceptors (Lipinski definition) is 5. The van der Waals surface area contributed by atoms with E-state index >= 15 is 0 Å². The van der Waals surface area contributed by atoms with E-state index in [9.17, 15) is 9.90 Å². The Kier molecular flexibility index (Phi) is 6.71. The van der Waals surface area contributed by atoms with Crippen LogP contribution in [0.25, 0.3) is 0 Å². The zero-order valence-corrected chi connectivity index (χ0v) is 16.4.